The van der Waals surface area contributed by atoms with E-state index in [1.54, 1.807) is 24.3 Å². The molecule has 0 saturated carbocycles. The van der Waals surface area contributed by atoms with E-state index in [2.05, 4.69) is 22.1 Å². The number of fused-ring (bicyclic) bond motifs is 1. The maximum atomic E-state index is 12.4. The maximum absolute atomic E-state index is 12.4. The van der Waals surface area contributed by atoms with Crippen LogP contribution >= 0.6 is 0 Å². The molecule has 1 aromatic heterocycles. The molecule has 1 aliphatic heterocycles. The molecule has 1 amide bonds. The first-order chi connectivity index (χ1) is 12.1. The largest absolute Gasteiger partial charge is 0.354 e. The van der Waals surface area contributed by atoms with Crippen molar-refractivity contribution in [3.8, 4) is 0 Å². The average Bonchev–Trinajstić information content (AvgIpc) is 2.63. The summed E-state index contributed by atoms with van der Waals surface area (Å²) < 4.78 is 0.955. The molecule has 134 valence electrons. The van der Waals surface area contributed by atoms with Crippen LogP contribution in [-0.4, -0.2) is 46.5 Å². The molecule has 1 fully saturated rings. The quantitative estimate of drug-likeness (QED) is 0.829. The van der Waals surface area contributed by atoms with E-state index >= 15 is 0 Å². The molecule has 1 saturated heterocycles. The molecular formula is C18H24N4O3. The number of aromatic amines is 1. The van der Waals surface area contributed by atoms with Gasteiger partial charge in [-0.25, -0.2) is 4.79 Å². The van der Waals surface area contributed by atoms with Crippen molar-refractivity contribution in [1.82, 2.24) is 19.8 Å². The summed E-state index contributed by atoms with van der Waals surface area (Å²) in [5.74, 6) is 0.112. The molecule has 2 N–H and O–H groups in total. The molecule has 2 heterocycles. The Morgan fingerprint density at radius 3 is 2.92 bits per heavy atom. The van der Waals surface area contributed by atoms with Crippen LogP contribution in [0.15, 0.2) is 33.9 Å². The molecule has 0 bridgehead atoms. The summed E-state index contributed by atoms with van der Waals surface area (Å²) in [4.78, 5) is 41.8. The van der Waals surface area contributed by atoms with Gasteiger partial charge in [0.1, 0.15) is 6.54 Å². The van der Waals surface area contributed by atoms with Crippen LogP contribution in [0, 0.1) is 5.92 Å². The van der Waals surface area contributed by atoms with Gasteiger partial charge in [-0.2, -0.15) is 0 Å². The molecule has 7 nitrogen and oxygen atoms in total. The third kappa shape index (κ3) is 3.99. The summed E-state index contributed by atoms with van der Waals surface area (Å²) in [6.07, 6.45) is 2.23. The van der Waals surface area contributed by atoms with E-state index in [9.17, 15) is 14.4 Å². The number of piperidine rings is 1. The number of carbonyl (C=O) groups is 1. The third-order valence-corrected chi connectivity index (χ3v) is 4.83. The summed E-state index contributed by atoms with van der Waals surface area (Å²) in [5, 5.41) is 3.27. The van der Waals surface area contributed by atoms with Crippen molar-refractivity contribution >= 4 is 16.8 Å². The first-order valence-electron chi connectivity index (χ1n) is 8.79. The maximum Gasteiger partial charge on any atom is 0.329 e. The Morgan fingerprint density at radius 1 is 1.32 bits per heavy atom. The van der Waals surface area contributed by atoms with E-state index in [0.29, 0.717) is 23.4 Å². The van der Waals surface area contributed by atoms with Gasteiger partial charge in [-0.15, -0.1) is 0 Å². The fraction of sp³-hybridized carbons (Fsp3) is 0.500. The molecule has 0 spiro atoms. The van der Waals surface area contributed by atoms with Gasteiger partial charge in [0.05, 0.1) is 10.9 Å². The Kier molecular flexibility index (Phi) is 5.33. The standard InChI is InChI=1S/C18H24N4O3/c1-2-21-9-5-6-13(11-21)10-19-16(23)12-22-17(24)14-7-3-4-8-15(14)20-18(22)25/h3-4,7-8,13H,2,5-6,9-12H2,1H3,(H,19,23)(H,20,25). The number of hydrogen-bond acceptors (Lipinski definition) is 4. The van der Waals surface area contributed by atoms with Crippen LogP contribution in [-0.2, 0) is 11.3 Å². The number of amides is 1. The van der Waals surface area contributed by atoms with Gasteiger partial charge >= 0.3 is 5.69 Å². The summed E-state index contributed by atoms with van der Waals surface area (Å²) >= 11 is 0. The smallest absolute Gasteiger partial charge is 0.329 e. The van der Waals surface area contributed by atoms with E-state index in [4.69, 9.17) is 0 Å². The van der Waals surface area contributed by atoms with Crippen LogP contribution in [0.25, 0.3) is 10.9 Å². The summed E-state index contributed by atoms with van der Waals surface area (Å²) in [6, 6.07) is 6.79. The first kappa shape index (κ1) is 17.4. The average molecular weight is 344 g/mol. The number of para-hydroxylation sites is 1. The van der Waals surface area contributed by atoms with Gasteiger partial charge in [-0.3, -0.25) is 14.2 Å². The normalized spacial score (nSPS) is 18.4. The summed E-state index contributed by atoms with van der Waals surface area (Å²) in [5.41, 5.74) is -0.519. The minimum atomic E-state index is -0.561. The number of hydrogen-bond donors (Lipinski definition) is 2. The van der Waals surface area contributed by atoms with Crippen LogP contribution < -0.4 is 16.6 Å². The van der Waals surface area contributed by atoms with Crippen molar-refractivity contribution in [3.63, 3.8) is 0 Å². The summed E-state index contributed by atoms with van der Waals surface area (Å²) in [7, 11) is 0. The van der Waals surface area contributed by atoms with Crippen molar-refractivity contribution in [1.29, 1.82) is 0 Å². The Morgan fingerprint density at radius 2 is 2.12 bits per heavy atom. The van der Waals surface area contributed by atoms with Crippen molar-refractivity contribution in [2.24, 2.45) is 5.92 Å². The third-order valence-electron chi connectivity index (χ3n) is 4.83. The highest BCUT2D eigenvalue weighted by Gasteiger charge is 2.19. The molecule has 3 rings (SSSR count). The Bertz CT molecular complexity index is 870. The fourth-order valence-electron chi connectivity index (χ4n) is 3.41. The lowest BCUT2D eigenvalue weighted by Gasteiger charge is -2.31. The lowest BCUT2D eigenvalue weighted by atomic mass is 9.98. The van der Waals surface area contributed by atoms with E-state index < -0.39 is 11.2 Å². The number of benzene rings is 1. The van der Waals surface area contributed by atoms with Crippen molar-refractivity contribution in [2.45, 2.75) is 26.3 Å². The zero-order valence-electron chi connectivity index (χ0n) is 14.5. The van der Waals surface area contributed by atoms with Gasteiger partial charge in [0.25, 0.3) is 5.56 Å². The molecule has 2 aromatic rings. The highest BCUT2D eigenvalue weighted by atomic mass is 16.2. The van der Waals surface area contributed by atoms with Crippen LogP contribution in [0.3, 0.4) is 0 Å². The van der Waals surface area contributed by atoms with Gasteiger partial charge in [0.2, 0.25) is 5.91 Å². The second-order valence-electron chi connectivity index (χ2n) is 6.57. The number of nitrogens with one attached hydrogen (secondary N) is 2. The van der Waals surface area contributed by atoms with E-state index in [1.165, 1.54) is 0 Å². The van der Waals surface area contributed by atoms with Gasteiger partial charge in [0.15, 0.2) is 0 Å². The zero-order chi connectivity index (χ0) is 17.8. The molecular weight excluding hydrogens is 320 g/mol. The minimum absolute atomic E-state index is 0.261. The zero-order valence-corrected chi connectivity index (χ0v) is 14.5. The van der Waals surface area contributed by atoms with Crippen LogP contribution in [0.5, 0.6) is 0 Å². The molecule has 7 heteroatoms. The van der Waals surface area contributed by atoms with Gasteiger partial charge in [-0.05, 0) is 44.0 Å². The van der Waals surface area contributed by atoms with E-state index in [0.717, 1.165) is 37.0 Å². The lowest BCUT2D eigenvalue weighted by Crippen LogP contribution is -2.44. The first-order valence-corrected chi connectivity index (χ1v) is 8.79. The van der Waals surface area contributed by atoms with Crippen molar-refractivity contribution < 1.29 is 4.79 Å². The Hall–Kier alpha value is -2.41. The number of likely N-dealkylation sites (tertiary alicyclic amines) is 1. The number of H-pyrrole nitrogens is 1. The monoisotopic (exact) mass is 344 g/mol. The molecule has 1 aromatic carbocycles. The van der Waals surface area contributed by atoms with Crippen LogP contribution in [0.2, 0.25) is 0 Å². The van der Waals surface area contributed by atoms with Gasteiger partial charge in [-0.1, -0.05) is 19.1 Å². The topological polar surface area (TPSA) is 87.2 Å². The molecule has 0 radical (unpaired) electrons. The molecule has 1 unspecified atom stereocenters. The Labute approximate surface area is 145 Å². The van der Waals surface area contributed by atoms with Crippen molar-refractivity contribution in [2.75, 3.05) is 26.2 Å². The predicted molar refractivity (Wildman–Crippen MR) is 96.7 cm³/mol. The number of rotatable bonds is 5. The number of carbonyl (C=O) groups excluding carboxylic acids is 1. The predicted octanol–water partition coefficient (Wildman–Crippen LogP) is 0.538. The highest BCUT2D eigenvalue weighted by Crippen LogP contribution is 2.15. The van der Waals surface area contributed by atoms with Gasteiger partial charge < -0.3 is 15.2 Å². The number of aromatic nitrogens is 2. The highest BCUT2D eigenvalue weighted by molar-refractivity contribution is 5.78. The van der Waals surface area contributed by atoms with E-state index in [-0.39, 0.29) is 12.5 Å². The Balaban J connectivity index is 1.66. The fourth-order valence-corrected chi connectivity index (χ4v) is 3.41. The molecule has 1 atom stereocenters. The second kappa shape index (κ2) is 7.65. The molecule has 25 heavy (non-hydrogen) atoms. The lowest BCUT2D eigenvalue weighted by molar-refractivity contribution is -0.122. The van der Waals surface area contributed by atoms with Crippen molar-refractivity contribution in [3.05, 3.63) is 45.1 Å². The SMILES string of the molecule is CCN1CCCC(CNC(=O)Cn2c(=O)[nH]c3ccccc3c2=O)C1. The molecule has 1 aliphatic rings. The number of nitrogens with zero attached hydrogens (tertiary/aromatic N) is 2. The summed E-state index contributed by atoms with van der Waals surface area (Å²) in [6.45, 7) is 5.57. The van der Waals surface area contributed by atoms with Gasteiger partial charge in [0, 0.05) is 13.1 Å². The van der Waals surface area contributed by atoms with Crippen LogP contribution in [0.1, 0.15) is 19.8 Å². The minimum Gasteiger partial charge on any atom is -0.354 e. The van der Waals surface area contributed by atoms with Crippen LogP contribution in [0.4, 0.5) is 0 Å². The molecule has 0 aliphatic carbocycles. The second-order valence-corrected chi connectivity index (χ2v) is 6.57. The van der Waals surface area contributed by atoms with E-state index in [1.807, 2.05) is 0 Å².